The zero-order valence-corrected chi connectivity index (χ0v) is 19.2. The molecule has 10 heteroatoms. The van der Waals surface area contributed by atoms with Gasteiger partial charge < -0.3 is 14.4 Å². The number of aromatic amines is 1. The highest BCUT2D eigenvalue weighted by Crippen LogP contribution is 2.47. The molecular weight excluding hydrogens is 460 g/mol. The summed E-state index contributed by atoms with van der Waals surface area (Å²) >= 11 is 7.76. The van der Waals surface area contributed by atoms with E-state index in [0.29, 0.717) is 29.7 Å². The lowest BCUT2D eigenvalue weighted by atomic mass is 10.1. The van der Waals surface area contributed by atoms with E-state index < -0.39 is 5.54 Å². The first-order chi connectivity index (χ1) is 16.0. The fraction of sp³-hybridized carbons (Fsp3) is 0.217. The van der Waals surface area contributed by atoms with Crippen LogP contribution in [0.15, 0.2) is 59.9 Å². The first kappa shape index (κ1) is 20.3. The van der Waals surface area contributed by atoms with E-state index in [9.17, 15) is 9.59 Å². The van der Waals surface area contributed by atoms with Crippen molar-refractivity contribution < 1.29 is 9.59 Å². The fourth-order valence-corrected chi connectivity index (χ4v) is 5.84. The first-order valence-corrected chi connectivity index (χ1v) is 11.8. The van der Waals surface area contributed by atoms with Crippen LogP contribution in [0.5, 0.6) is 0 Å². The Hall–Kier alpha value is -3.30. The van der Waals surface area contributed by atoms with Gasteiger partial charge in [0.25, 0.3) is 11.8 Å². The van der Waals surface area contributed by atoms with Crippen molar-refractivity contribution in [2.75, 3.05) is 24.2 Å². The summed E-state index contributed by atoms with van der Waals surface area (Å²) in [6.07, 6.45) is 3.40. The number of nitrogens with zero attached hydrogens (tertiary/aromatic N) is 5. The van der Waals surface area contributed by atoms with Gasteiger partial charge in [0.05, 0.1) is 24.1 Å². The van der Waals surface area contributed by atoms with Crippen molar-refractivity contribution in [2.45, 2.75) is 17.0 Å². The number of amides is 2. The van der Waals surface area contributed by atoms with Crippen molar-refractivity contribution >= 4 is 51.8 Å². The second-order valence-electron chi connectivity index (χ2n) is 8.37. The molecule has 1 atom stereocenters. The van der Waals surface area contributed by atoms with Crippen molar-refractivity contribution in [3.05, 3.63) is 71.4 Å². The lowest BCUT2D eigenvalue weighted by Gasteiger charge is -2.21. The SMILES string of the molecule is CN1C(=O)C2(CSc3cc4n[nH]c(Cl)c4cc31)CN2C(=O)c1cn(Cc2ccccc2)cn1. The number of carbonyl (C=O) groups excluding carboxylic acids is 2. The quantitative estimate of drug-likeness (QED) is 0.456. The van der Waals surface area contributed by atoms with E-state index in [1.54, 1.807) is 41.1 Å². The summed E-state index contributed by atoms with van der Waals surface area (Å²) in [5.74, 6) is 0.140. The Morgan fingerprint density at radius 1 is 1.27 bits per heavy atom. The number of aromatic nitrogens is 4. The molecule has 6 rings (SSSR count). The Morgan fingerprint density at radius 3 is 2.91 bits per heavy atom. The van der Waals surface area contributed by atoms with Gasteiger partial charge in [-0.3, -0.25) is 14.7 Å². The lowest BCUT2D eigenvalue weighted by molar-refractivity contribution is -0.120. The fourth-order valence-electron chi connectivity index (χ4n) is 4.34. The maximum absolute atomic E-state index is 13.5. The van der Waals surface area contributed by atoms with Crippen LogP contribution in [0.3, 0.4) is 0 Å². The van der Waals surface area contributed by atoms with Crippen LogP contribution < -0.4 is 4.90 Å². The summed E-state index contributed by atoms with van der Waals surface area (Å²) in [4.78, 5) is 35.2. The van der Waals surface area contributed by atoms with Crippen LogP contribution in [-0.2, 0) is 11.3 Å². The summed E-state index contributed by atoms with van der Waals surface area (Å²) in [7, 11) is 1.74. The molecule has 33 heavy (non-hydrogen) atoms. The van der Waals surface area contributed by atoms with E-state index in [-0.39, 0.29) is 11.8 Å². The third kappa shape index (κ3) is 3.22. The average molecular weight is 479 g/mol. The van der Waals surface area contributed by atoms with Crippen molar-refractivity contribution in [3.8, 4) is 0 Å². The van der Waals surface area contributed by atoms with Crippen LogP contribution in [-0.4, -0.2) is 61.3 Å². The molecule has 2 aromatic heterocycles. The van der Waals surface area contributed by atoms with Crippen LogP contribution in [0.4, 0.5) is 5.69 Å². The molecule has 0 aliphatic carbocycles. The smallest absolute Gasteiger partial charge is 0.275 e. The summed E-state index contributed by atoms with van der Waals surface area (Å²) in [6, 6.07) is 13.8. The van der Waals surface area contributed by atoms with Gasteiger partial charge in [0.15, 0.2) is 0 Å². The highest BCUT2D eigenvalue weighted by Gasteiger charge is 2.63. The Kier molecular flexibility index (Phi) is 4.53. The third-order valence-electron chi connectivity index (χ3n) is 6.26. The number of H-pyrrole nitrogens is 1. The molecule has 2 aromatic carbocycles. The Bertz CT molecular complexity index is 1420. The summed E-state index contributed by atoms with van der Waals surface area (Å²) in [6.45, 7) is 1.00. The molecule has 2 aliphatic heterocycles. The molecule has 1 spiro atoms. The Labute approximate surface area is 198 Å². The maximum Gasteiger partial charge on any atom is 0.275 e. The number of thioether (sulfide) groups is 1. The van der Waals surface area contributed by atoms with Crippen molar-refractivity contribution in [2.24, 2.45) is 0 Å². The number of anilines is 1. The number of benzene rings is 2. The second kappa shape index (κ2) is 7.36. The normalized spacial score (nSPS) is 19.8. The van der Waals surface area contributed by atoms with E-state index in [1.165, 1.54) is 0 Å². The predicted octanol–water partition coefficient (Wildman–Crippen LogP) is 3.42. The molecule has 0 radical (unpaired) electrons. The number of carbonyl (C=O) groups is 2. The van der Waals surface area contributed by atoms with Crippen molar-refractivity contribution in [1.82, 2.24) is 24.6 Å². The van der Waals surface area contributed by atoms with Crippen molar-refractivity contribution in [1.29, 1.82) is 0 Å². The Balaban J connectivity index is 1.24. The molecule has 8 nitrogen and oxygen atoms in total. The van der Waals surface area contributed by atoms with Gasteiger partial charge in [0.1, 0.15) is 16.4 Å². The molecule has 1 saturated heterocycles. The molecule has 2 aliphatic rings. The van der Waals surface area contributed by atoms with Crippen LogP contribution in [0, 0.1) is 0 Å². The molecule has 4 aromatic rings. The number of hydrogen-bond donors (Lipinski definition) is 1. The molecule has 4 heterocycles. The molecular formula is C23H19ClN6O2S. The van der Waals surface area contributed by atoms with Gasteiger partial charge >= 0.3 is 0 Å². The summed E-state index contributed by atoms with van der Waals surface area (Å²) in [5, 5.41) is 8.19. The minimum absolute atomic E-state index is 0.107. The van der Waals surface area contributed by atoms with E-state index in [2.05, 4.69) is 15.2 Å². The third-order valence-corrected chi connectivity index (χ3v) is 7.81. The highest BCUT2D eigenvalue weighted by molar-refractivity contribution is 7.99. The highest BCUT2D eigenvalue weighted by atomic mass is 35.5. The minimum atomic E-state index is -0.869. The molecule has 2 amide bonds. The van der Waals surface area contributed by atoms with Gasteiger partial charge in [0, 0.05) is 35.8 Å². The zero-order chi connectivity index (χ0) is 22.7. The molecule has 166 valence electrons. The van der Waals surface area contributed by atoms with Gasteiger partial charge in [-0.1, -0.05) is 41.9 Å². The summed E-state index contributed by atoms with van der Waals surface area (Å²) < 4.78 is 1.88. The topological polar surface area (TPSA) is 86.9 Å². The molecule has 0 saturated carbocycles. The van der Waals surface area contributed by atoms with Gasteiger partial charge in [-0.2, -0.15) is 5.10 Å². The molecule has 0 bridgehead atoms. The number of fused-ring (bicyclic) bond motifs is 2. The van der Waals surface area contributed by atoms with Gasteiger partial charge in [0.2, 0.25) is 0 Å². The first-order valence-electron chi connectivity index (χ1n) is 10.4. The molecule has 1 unspecified atom stereocenters. The van der Waals surface area contributed by atoms with Crippen molar-refractivity contribution in [3.63, 3.8) is 0 Å². The van der Waals surface area contributed by atoms with E-state index in [4.69, 9.17) is 11.6 Å². The van der Waals surface area contributed by atoms with E-state index >= 15 is 0 Å². The largest absolute Gasteiger partial charge is 0.332 e. The molecule has 1 N–H and O–H groups in total. The predicted molar refractivity (Wildman–Crippen MR) is 127 cm³/mol. The van der Waals surface area contributed by atoms with Crippen LogP contribution in [0.2, 0.25) is 5.15 Å². The number of imidazole rings is 1. The van der Waals surface area contributed by atoms with E-state index in [0.717, 1.165) is 27.0 Å². The standard InChI is InChI=1S/C23H19ClN6O2S/c1-28-18-7-15-16(26-27-20(15)24)8-19(18)33-12-23(22(28)32)11-30(23)21(31)17-10-29(13-25-17)9-14-5-3-2-4-6-14/h2-8,10,13H,9,11-12H2,1H3,(H,26,27). The average Bonchev–Trinajstić information content (AvgIpc) is 3.23. The maximum atomic E-state index is 13.5. The molecule has 1 fully saturated rings. The lowest BCUT2D eigenvalue weighted by Crippen LogP contribution is -2.43. The van der Waals surface area contributed by atoms with Gasteiger partial charge in [-0.15, -0.1) is 11.8 Å². The Morgan fingerprint density at radius 2 is 2.09 bits per heavy atom. The van der Waals surface area contributed by atoms with Crippen LogP contribution >= 0.6 is 23.4 Å². The number of nitrogens with one attached hydrogen (secondary N) is 1. The zero-order valence-electron chi connectivity index (χ0n) is 17.7. The van der Waals surface area contributed by atoms with Gasteiger partial charge in [-0.25, -0.2) is 4.98 Å². The monoisotopic (exact) mass is 478 g/mol. The van der Waals surface area contributed by atoms with Crippen LogP contribution in [0.25, 0.3) is 10.9 Å². The van der Waals surface area contributed by atoms with Crippen LogP contribution in [0.1, 0.15) is 16.1 Å². The number of halogens is 1. The minimum Gasteiger partial charge on any atom is -0.332 e. The number of hydrogen-bond acceptors (Lipinski definition) is 5. The number of likely N-dealkylation sites (N-methyl/N-ethyl adjacent to an activating group) is 1. The van der Waals surface area contributed by atoms with Gasteiger partial charge in [-0.05, 0) is 17.7 Å². The summed E-state index contributed by atoms with van der Waals surface area (Å²) in [5.41, 5.74) is 2.11. The number of rotatable bonds is 3. The van der Waals surface area contributed by atoms with E-state index in [1.807, 2.05) is 47.0 Å². The second-order valence-corrected chi connectivity index (χ2v) is 9.76.